The lowest BCUT2D eigenvalue weighted by molar-refractivity contribution is -0.172. The van der Waals surface area contributed by atoms with E-state index in [0.29, 0.717) is 12.8 Å². The van der Waals surface area contributed by atoms with Gasteiger partial charge in [0, 0.05) is 78.4 Å². The number of ether oxygens (including phenoxy) is 1. The zero-order chi connectivity index (χ0) is 35.7. The number of anilines is 2. The number of pyridine rings is 1. The van der Waals surface area contributed by atoms with E-state index in [4.69, 9.17) is 9.72 Å². The molecule has 2 aromatic carbocycles. The molecule has 0 aliphatic heterocycles. The van der Waals surface area contributed by atoms with Crippen molar-refractivity contribution in [3.05, 3.63) is 60.2 Å². The highest BCUT2D eigenvalue weighted by Gasteiger charge is 2.68. The molecule has 0 bridgehead atoms. The third kappa shape index (κ3) is 5.37. The normalized spacial score (nSPS) is 30.1. The number of thioether (sulfide) groups is 1. The predicted octanol–water partition coefficient (Wildman–Crippen LogP) is 5.94. The second kappa shape index (κ2) is 12.3. The molecule has 0 unspecified atom stereocenters. The maximum atomic E-state index is 13.9. The van der Waals surface area contributed by atoms with E-state index in [0.717, 1.165) is 50.1 Å². The molecule has 1 heterocycles. The van der Waals surface area contributed by atoms with Gasteiger partial charge in [0.25, 0.3) is 0 Å². The standard InChI is InChI=1S/C40H45N3O6S/c1-38-15-13-26(44)17-23(38)7-10-27-30-14-16-40(48,39(30,2)20-33(45)36(27)38)34(46)21-49-35(47)22-50-37-28-11-8-24(42(3)4)18-31(28)41-32-19-25(43(5)6)9-12-29(32)37/h8-9,11-13,15,17-19,27,30,36,48H,7,10,14,16,20-22H2,1-6H3/t27-,30-,36+,38-,39-,40-/m0/s1. The van der Waals surface area contributed by atoms with Gasteiger partial charge in [-0.05, 0) is 86.1 Å². The van der Waals surface area contributed by atoms with E-state index in [-0.39, 0.29) is 47.9 Å². The minimum atomic E-state index is -1.77. The van der Waals surface area contributed by atoms with Gasteiger partial charge in [0.1, 0.15) is 11.4 Å². The zero-order valence-electron chi connectivity index (χ0n) is 29.6. The molecule has 4 aliphatic rings. The molecule has 262 valence electrons. The van der Waals surface area contributed by atoms with Crippen molar-refractivity contribution in [3.63, 3.8) is 0 Å². The van der Waals surface area contributed by atoms with Gasteiger partial charge in [-0.2, -0.15) is 0 Å². The number of fused-ring (bicyclic) bond motifs is 7. The quantitative estimate of drug-likeness (QED) is 0.172. The molecule has 50 heavy (non-hydrogen) atoms. The Kier molecular flexibility index (Phi) is 8.49. The van der Waals surface area contributed by atoms with Gasteiger partial charge < -0.3 is 19.6 Å². The lowest BCUT2D eigenvalue weighted by Crippen LogP contribution is -2.60. The molecule has 0 saturated heterocycles. The molecule has 6 atom stereocenters. The minimum absolute atomic E-state index is 0.00496. The van der Waals surface area contributed by atoms with Crippen molar-refractivity contribution in [1.82, 2.24) is 4.98 Å². The summed E-state index contributed by atoms with van der Waals surface area (Å²) in [5.41, 5.74) is 1.40. The molecule has 0 radical (unpaired) electrons. The summed E-state index contributed by atoms with van der Waals surface area (Å²) in [6, 6.07) is 12.1. The molecule has 7 rings (SSSR count). The number of nitrogens with zero attached hydrogens (tertiary/aromatic N) is 3. The highest BCUT2D eigenvalue weighted by Crippen LogP contribution is 2.66. The number of hydrogen-bond acceptors (Lipinski definition) is 10. The van der Waals surface area contributed by atoms with Crippen LogP contribution < -0.4 is 9.80 Å². The van der Waals surface area contributed by atoms with Crippen LogP contribution in [0.1, 0.15) is 46.0 Å². The summed E-state index contributed by atoms with van der Waals surface area (Å²) >= 11 is 1.35. The Morgan fingerprint density at radius 3 is 2.24 bits per heavy atom. The maximum absolute atomic E-state index is 13.9. The number of esters is 1. The van der Waals surface area contributed by atoms with Crippen molar-refractivity contribution in [1.29, 1.82) is 0 Å². The summed E-state index contributed by atoms with van der Waals surface area (Å²) in [5, 5.41) is 13.9. The van der Waals surface area contributed by atoms with E-state index in [1.807, 2.05) is 94.3 Å². The Bertz CT molecular complexity index is 1950. The minimum Gasteiger partial charge on any atom is -0.457 e. The van der Waals surface area contributed by atoms with Gasteiger partial charge in [0.2, 0.25) is 5.78 Å². The van der Waals surface area contributed by atoms with Gasteiger partial charge in [0.15, 0.2) is 12.4 Å². The third-order valence-corrected chi connectivity index (χ3v) is 13.4. The SMILES string of the molecule is CN(C)c1ccc2c(SCC(=O)OCC(=O)[C@@]3(O)CC[C@H]4[C@@H]5CCC6=CC(=O)C=C[C@]6(C)[C@H]5C(=O)C[C@@]43C)c3ccc(N(C)C)cc3nc2c1. The number of Topliss-reactive ketones (excluding diaryl/α,β-unsaturated/α-hetero) is 2. The molecule has 3 saturated carbocycles. The Morgan fingerprint density at radius 1 is 0.980 bits per heavy atom. The molecule has 9 nitrogen and oxygen atoms in total. The summed E-state index contributed by atoms with van der Waals surface area (Å²) in [4.78, 5) is 63.0. The molecule has 3 aromatic rings. The van der Waals surface area contributed by atoms with E-state index in [1.54, 1.807) is 12.2 Å². The van der Waals surface area contributed by atoms with Gasteiger partial charge >= 0.3 is 5.97 Å². The monoisotopic (exact) mass is 695 g/mol. The first-order valence-corrected chi connectivity index (χ1v) is 18.4. The fourth-order valence-electron chi connectivity index (χ4n) is 9.53. The molecular formula is C40H45N3O6S. The van der Waals surface area contributed by atoms with Crippen LogP contribution in [0.2, 0.25) is 0 Å². The van der Waals surface area contributed by atoms with Crippen LogP contribution in [0.25, 0.3) is 21.8 Å². The summed E-state index contributed by atoms with van der Waals surface area (Å²) < 4.78 is 5.55. The van der Waals surface area contributed by atoms with Gasteiger partial charge in [-0.25, -0.2) is 4.98 Å². The highest BCUT2D eigenvalue weighted by atomic mass is 32.2. The van der Waals surface area contributed by atoms with Gasteiger partial charge in [-0.15, -0.1) is 11.8 Å². The molecular weight excluding hydrogens is 651 g/mol. The van der Waals surface area contributed by atoms with E-state index >= 15 is 0 Å². The number of allylic oxidation sites excluding steroid dienone is 4. The van der Waals surface area contributed by atoms with Crippen LogP contribution in [0.4, 0.5) is 11.4 Å². The average molecular weight is 696 g/mol. The predicted molar refractivity (Wildman–Crippen MR) is 197 cm³/mol. The number of ketones is 3. The van der Waals surface area contributed by atoms with Crippen LogP contribution in [0.3, 0.4) is 0 Å². The number of aliphatic hydroxyl groups is 1. The number of benzene rings is 2. The van der Waals surface area contributed by atoms with Crippen molar-refractivity contribution in [2.24, 2.45) is 28.6 Å². The maximum Gasteiger partial charge on any atom is 0.316 e. The van der Waals surface area contributed by atoms with Crippen LogP contribution in [0, 0.1) is 28.6 Å². The van der Waals surface area contributed by atoms with Gasteiger partial charge in [0.05, 0.1) is 16.8 Å². The summed E-state index contributed by atoms with van der Waals surface area (Å²) in [7, 11) is 7.91. The van der Waals surface area contributed by atoms with Crippen LogP contribution in [-0.2, 0) is 23.9 Å². The first-order valence-electron chi connectivity index (χ1n) is 17.4. The van der Waals surface area contributed by atoms with Gasteiger partial charge in [-0.3, -0.25) is 19.2 Å². The van der Waals surface area contributed by atoms with Crippen LogP contribution in [-0.4, -0.2) is 79.6 Å². The lowest BCUT2D eigenvalue weighted by Gasteiger charge is -2.56. The molecule has 0 spiro atoms. The summed E-state index contributed by atoms with van der Waals surface area (Å²) in [5.74, 6) is -1.49. The number of carbonyl (C=O) groups is 4. The second-order valence-electron chi connectivity index (χ2n) is 15.4. The highest BCUT2D eigenvalue weighted by molar-refractivity contribution is 8.00. The van der Waals surface area contributed by atoms with E-state index in [9.17, 15) is 24.3 Å². The van der Waals surface area contributed by atoms with Crippen molar-refractivity contribution >= 4 is 68.3 Å². The Balaban J connectivity index is 1.07. The average Bonchev–Trinajstić information content (AvgIpc) is 3.35. The smallest absolute Gasteiger partial charge is 0.316 e. The van der Waals surface area contributed by atoms with Crippen LogP contribution in [0.15, 0.2) is 65.1 Å². The number of carbonyl (C=O) groups excluding carboxylic acids is 4. The zero-order valence-corrected chi connectivity index (χ0v) is 30.4. The number of rotatable bonds is 8. The van der Waals surface area contributed by atoms with Gasteiger partial charge in [-0.1, -0.05) is 25.5 Å². The summed E-state index contributed by atoms with van der Waals surface area (Å²) in [6.45, 7) is 3.36. The topological polar surface area (TPSA) is 117 Å². The first-order chi connectivity index (χ1) is 23.7. The Labute approximate surface area is 297 Å². The molecule has 0 amide bonds. The molecule has 1 aromatic heterocycles. The van der Waals surface area contributed by atoms with E-state index < -0.39 is 34.8 Å². The van der Waals surface area contributed by atoms with Crippen molar-refractivity contribution in [2.45, 2.75) is 56.4 Å². The first kappa shape index (κ1) is 34.4. The van der Waals surface area contributed by atoms with Crippen molar-refractivity contribution in [3.8, 4) is 0 Å². The molecule has 4 aliphatic carbocycles. The second-order valence-corrected chi connectivity index (χ2v) is 16.4. The molecule has 1 N–H and O–H groups in total. The summed E-state index contributed by atoms with van der Waals surface area (Å²) in [6.07, 6.45) is 7.50. The Morgan fingerprint density at radius 2 is 1.62 bits per heavy atom. The lowest BCUT2D eigenvalue weighted by atomic mass is 9.46. The van der Waals surface area contributed by atoms with E-state index in [2.05, 4.69) is 0 Å². The number of aromatic nitrogens is 1. The molecule has 3 fully saturated rings. The number of hydrogen-bond donors (Lipinski definition) is 1. The van der Waals surface area contributed by atoms with E-state index in [1.165, 1.54) is 11.8 Å². The third-order valence-electron chi connectivity index (χ3n) is 12.3. The van der Waals surface area contributed by atoms with Crippen molar-refractivity contribution < 1.29 is 29.0 Å². The fourth-order valence-corrected chi connectivity index (χ4v) is 10.5. The van der Waals surface area contributed by atoms with Crippen LogP contribution in [0.5, 0.6) is 0 Å². The van der Waals surface area contributed by atoms with Crippen molar-refractivity contribution in [2.75, 3.05) is 50.4 Å². The Hall–Kier alpha value is -4.02. The van der Waals surface area contributed by atoms with Crippen LogP contribution >= 0.6 is 11.8 Å². The largest absolute Gasteiger partial charge is 0.457 e. The molecule has 10 heteroatoms. The fraction of sp³-hybridized carbons (Fsp3) is 0.475.